The second-order valence-corrected chi connectivity index (χ2v) is 3.97. The standard InChI is InChI=1S/C11H11F3O3/c1-10(2,9(15)16)7-5-3-4-6-8(7)17-11(12,13)14/h3-6H,1-2H3,(H,15,16). The van der Waals surface area contributed by atoms with Gasteiger partial charge in [0.25, 0.3) is 0 Å². The monoisotopic (exact) mass is 248 g/mol. The fourth-order valence-electron chi connectivity index (χ4n) is 1.31. The molecular formula is C11H11F3O3. The van der Waals surface area contributed by atoms with Crippen molar-refractivity contribution in [1.82, 2.24) is 0 Å². The molecule has 0 radical (unpaired) electrons. The summed E-state index contributed by atoms with van der Waals surface area (Å²) >= 11 is 0. The van der Waals surface area contributed by atoms with Gasteiger partial charge in [-0.1, -0.05) is 18.2 Å². The van der Waals surface area contributed by atoms with Crippen molar-refractivity contribution >= 4 is 5.97 Å². The van der Waals surface area contributed by atoms with Crippen LogP contribution >= 0.6 is 0 Å². The van der Waals surface area contributed by atoms with Gasteiger partial charge in [-0.05, 0) is 19.9 Å². The van der Waals surface area contributed by atoms with Crippen molar-refractivity contribution < 1.29 is 27.8 Å². The van der Waals surface area contributed by atoms with E-state index in [0.717, 1.165) is 6.07 Å². The largest absolute Gasteiger partial charge is 0.573 e. The van der Waals surface area contributed by atoms with Crippen LogP contribution in [-0.2, 0) is 10.2 Å². The van der Waals surface area contributed by atoms with Crippen molar-refractivity contribution in [3.8, 4) is 5.75 Å². The molecule has 17 heavy (non-hydrogen) atoms. The molecule has 0 aliphatic carbocycles. The molecule has 0 spiro atoms. The molecule has 0 atom stereocenters. The van der Waals surface area contributed by atoms with Crippen LogP contribution in [0.2, 0.25) is 0 Å². The number of hydrogen-bond donors (Lipinski definition) is 1. The van der Waals surface area contributed by atoms with Crippen LogP contribution in [0.15, 0.2) is 24.3 Å². The number of halogens is 3. The summed E-state index contributed by atoms with van der Waals surface area (Å²) in [6, 6.07) is 5.20. The van der Waals surface area contributed by atoms with Crippen LogP contribution < -0.4 is 4.74 Å². The lowest BCUT2D eigenvalue weighted by atomic mass is 9.84. The van der Waals surface area contributed by atoms with Crippen molar-refractivity contribution in [1.29, 1.82) is 0 Å². The SMILES string of the molecule is CC(C)(C(=O)O)c1ccccc1OC(F)(F)F. The van der Waals surface area contributed by atoms with E-state index in [-0.39, 0.29) is 5.56 Å². The Kier molecular flexibility index (Phi) is 3.35. The van der Waals surface area contributed by atoms with E-state index in [0.29, 0.717) is 0 Å². The highest BCUT2D eigenvalue weighted by Gasteiger charge is 2.37. The Hall–Kier alpha value is -1.72. The Bertz CT molecular complexity index is 424. The van der Waals surface area contributed by atoms with E-state index in [9.17, 15) is 18.0 Å². The summed E-state index contributed by atoms with van der Waals surface area (Å²) in [4.78, 5) is 11.0. The molecule has 0 bridgehead atoms. The van der Waals surface area contributed by atoms with Crippen molar-refractivity contribution in [2.75, 3.05) is 0 Å². The van der Waals surface area contributed by atoms with Crippen molar-refractivity contribution in [3.05, 3.63) is 29.8 Å². The maximum absolute atomic E-state index is 12.1. The molecule has 94 valence electrons. The number of hydrogen-bond acceptors (Lipinski definition) is 2. The Balaban J connectivity index is 3.21. The zero-order valence-corrected chi connectivity index (χ0v) is 9.21. The molecule has 6 heteroatoms. The maximum Gasteiger partial charge on any atom is 0.573 e. The summed E-state index contributed by atoms with van der Waals surface area (Å²) in [7, 11) is 0. The minimum Gasteiger partial charge on any atom is -0.481 e. The number of alkyl halides is 3. The highest BCUT2D eigenvalue weighted by Crippen LogP contribution is 2.34. The number of rotatable bonds is 3. The predicted octanol–water partition coefficient (Wildman–Crippen LogP) is 2.95. The first-order valence-corrected chi connectivity index (χ1v) is 4.73. The number of benzene rings is 1. The van der Waals surface area contributed by atoms with E-state index in [1.54, 1.807) is 0 Å². The summed E-state index contributed by atoms with van der Waals surface area (Å²) in [6.45, 7) is 2.63. The third-order valence-corrected chi connectivity index (χ3v) is 2.32. The van der Waals surface area contributed by atoms with Gasteiger partial charge in [0, 0.05) is 5.56 Å². The molecule has 0 aliphatic rings. The van der Waals surface area contributed by atoms with E-state index in [1.807, 2.05) is 0 Å². The highest BCUT2D eigenvalue weighted by molar-refractivity contribution is 5.81. The third kappa shape index (κ3) is 3.12. The van der Waals surface area contributed by atoms with E-state index < -0.39 is 23.5 Å². The van der Waals surface area contributed by atoms with E-state index in [1.165, 1.54) is 32.0 Å². The van der Waals surface area contributed by atoms with E-state index in [2.05, 4.69) is 4.74 Å². The molecule has 3 nitrogen and oxygen atoms in total. The summed E-state index contributed by atoms with van der Waals surface area (Å²) in [5.41, 5.74) is -1.48. The van der Waals surface area contributed by atoms with E-state index in [4.69, 9.17) is 5.11 Å². The average molecular weight is 248 g/mol. The lowest BCUT2D eigenvalue weighted by Gasteiger charge is -2.23. The van der Waals surface area contributed by atoms with Gasteiger partial charge in [-0.3, -0.25) is 4.79 Å². The summed E-state index contributed by atoms with van der Waals surface area (Å²) in [6.07, 6.45) is -4.84. The molecule has 0 amide bonds. The molecule has 0 fully saturated rings. The van der Waals surface area contributed by atoms with Gasteiger partial charge in [-0.25, -0.2) is 0 Å². The van der Waals surface area contributed by atoms with Crippen LogP contribution in [0.5, 0.6) is 5.75 Å². The lowest BCUT2D eigenvalue weighted by Crippen LogP contribution is -2.30. The quantitative estimate of drug-likeness (QED) is 0.894. The van der Waals surface area contributed by atoms with Crippen LogP contribution in [0, 0.1) is 0 Å². The van der Waals surface area contributed by atoms with E-state index >= 15 is 0 Å². The number of carboxylic acid groups (broad SMARTS) is 1. The van der Waals surface area contributed by atoms with Crippen LogP contribution in [0.1, 0.15) is 19.4 Å². The first kappa shape index (κ1) is 13.3. The number of para-hydroxylation sites is 1. The first-order valence-electron chi connectivity index (χ1n) is 4.73. The van der Waals surface area contributed by atoms with Crippen molar-refractivity contribution in [2.45, 2.75) is 25.6 Å². The second kappa shape index (κ2) is 4.27. The van der Waals surface area contributed by atoms with Gasteiger partial charge in [-0.2, -0.15) is 0 Å². The molecule has 0 heterocycles. The predicted molar refractivity (Wildman–Crippen MR) is 53.8 cm³/mol. The summed E-state index contributed by atoms with van der Waals surface area (Å²) < 4.78 is 40.2. The van der Waals surface area contributed by atoms with Gasteiger partial charge in [0.1, 0.15) is 5.75 Å². The Morgan fingerprint density at radius 3 is 2.24 bits per heavy atom. The van der Waals surface area contributed by atoms with Crippen molar-refractivity contribution in [3.63, 3.8) is 0 Å². The fraction of sp³-hybridized carbons (Fsp3) is 0.364. The van der Waals surface area contributed by atoms with Gasteiger partial charge in [0.2, 0.25) is 0 Å². The topological polar surface area (TPSA) is 46.5 Å². The van der Waals surface area contributed by atoms with Gasteiger partial charge in [-0.15, -0.1) is 13.2 Å². The van der Waals surface area contributed by atoms with Crippen molar-refractivity contribution in [2.24, 2.45) is 0 Å². The summed E-state index contributed by atoms with van der Waals surface area (Å²) in [5, 5.41) is 8.98. The minimum atomic E-state index is -4.84. The molecule has 0 aromatic heterocycles. The normalized spacial score (nSPS) is 12.3. The fourth-order valence-corrected chi connectivity index (χ4v) is 1.31. The zero-order valence-electron chi connectivity index (χ0n) is 9.21. The average Bonchev–Trinajstić information content (AvgIpc) is 2.15. The minimum absolute atomic E-state index is 0.0233. The lowest BCUT2D eigenvalue weighted by molar-refractivity contribution is -0.275. The third-order valence-electron chi connectivity index (χ3n) is 2.32. The molecule has 1 rings (SSSR count). The van der Waals surface area contributed by atoms with Crippen LogP contribution in [-0.4, -0.2) is 17.4 Å². The van der Waals surface area contributed by atoms with Gasteiger partial charge < -0.3 is 9.84 Å². The molecule has 0 saturated carbocycles. The molecule has 1 aromatic carbocycles. The highest BCUT2D eigenvalue weighted by atomic mass is 19.4. The number of aliphatic carboxylic acids is 1. The van der Waals surface area contributed by atoms with Gasteiger partial charge in [0.15, 0.2) is 0 Å². The molecule has 0 unspecified atom stereocenters. The Morgan fingerprint density at radius 1 is 1.24 bits per heavy atom. The Labute approximate surface area is 95.8 Å². The van der Waals surface area contributed by atoms with Crippen LogP contribution in [0.3, 0.4) is 0 Å². The number of carbonyl (C=O) groups is 1. The van der Waals surface area contributed by atoms with Gasteiger partial charge >= 0.3 is 12.3 Å². The molecule has 0 aliphatic heterocycles. The molecule has 1 aromatic rings. The molecule has 1 N–H and O–H groups in total. The van der Waals surface area contributed by atoms with Crippen LogP contribution in [0.4, 0.5) is 13.2 Å². The number of ether oxygens (including phenoxy) is 1. The summed E-state index contributed by atoms with van der Waals surface area (Å²) in [5.74, 6) is -1.72. The van der Waals surface area contributed by atoms with Gasteiger partial charge in [0.05, 0.1) is 5.41 Å². The molecule has 0 saturated heterocycles. The number of carboxylic acids is 1. The second-order valence-electron chi connectivity index (χ2n) is 3.97. The molecular weight excluding hydrogens is 237 g/mol. The zero-order chi connectivity index (χ0) is 13.3. The van der Waals surface area contributed by atoms with Crippen LogP contribution in [0.25, 0.3) is 0 Å². The first-order chi connectivity index (χ1) is 7.64. The smallest absolute Gasteiger partial charge is 0.481 e. The maximum atomic E-state index is 12.1. The Morgan fingerprint density at radius 2 is 1.76 bits per heavy atom.